The topological polar surface area (TPSA) is 56.8 Å². The highest BCUT2D eigenvalue weighted by molar-refractivity contribution is 8.02. The van der Waals surface area contributed by atoms with Gasteiger partial charge in [-0.2, -0.15) is 10.5 Å². The summed E-state index contributed by atoms with van der Waals surface area (Å²) in [5, 5.41) is 21.5. The molecule has 1 aromatic rings. The number of thioether (sulfide) groups is 1. The monoisotopic (exact) mass is 402 g/mol. The van der Waals surface area contributed by atoms with Crippen LogP contribution in [0.1, 0.15) is 25.8 Å². The van der Waals surface area contributed by atoms with Gasteiger partial charge in [-0.05, 0) is 36.8 Å². The molecule has 1 heterocycles. The Morgan fingerprint density at radius 3 is 2.52 bits per heavy atom. The summed E-state index contributed by atoms with van der Waals surface area (Å²) in [6.07, 6.45) is 13.1. The molecule has 3 nitrogen and oxygen atoms in total. The molecule has 0 unspecified atom stereocenters. The molecule has 0 amide bonds. The Morgan fingerprint density at radius 1 is 1.14 bits per heavy atom. The Balaban J connectivity index is 1.56. The lowest BCUT2D eigenvalue weighted by Gasteiger charge is -2.37. The minimum absolute atomic E-state index is 0.167. The summed E-state index contributed by atoms with van der Waals surface area (Å²) in [5.74, 6) is 0.928. The summed E-state index contributed by atoms with van der Waals surface area (Å²) >= 11 is 1.79. The predicted molar refractivity (Wildman–Crippen MR) is 120 cm³/mol. The summed E-state index contributed by atoms with van der Waals surface area (Å²) in [4.78, 5) is 0. The minimum Gasteiger partial charge on any atom is -0.377 e. The molecule has 3 rings (SSSR count). The summed E-state index contributed by atoms with van der Waals surface area (Å²) in [7, 11) is 0. The van der Waals surface area contributed by atoms with E-state index in [2.05, 4.69) is 47.9 Å². The first kappa shape index (κ1) is 21.2. The normalized spacial score (nSPS) is 25.9. The van der Waals surface area contributed by atoms with Crippen LogP contribution in [0.15, 0.2) is 71.7 Å². The summed E-state index contributed by atoms with van der Waals surface area (Å²) in [6.45, 7) is 4.88. The van der Waals surface area contributed by atoms with Crippen molar-refractivity contribution in [3.8, 4) is 12.1 Å². The van der Waals surface area contributed by atoms with Crippen LogP contribution in [0.2, 0.25) is 0 Å². The first-order valence-corrected chi connectivity index (χ1v) is 10.9. The maximum Gasteiger partial charge on any atom is 0.111 e. The van der Waals surface area contributed by atoms with Gasteiger partial charge in [-0.15, -0.1) is 11.8 Å². The van der Waals surface area contributed by atoms with Gasteiger partial charge >= 0.3 is 0 Å². The smallest absolute Gasteiger partial charge is 0.111 e. The Labute approximate surface area is 178 Å². The molecular weight excluding hydrogens is 376 g/mol. The van der Waals surface area contributed by atoms with Crippen LogP contribution in [0.3, 0.4) is 0 Å². The van der Waals surface area contributed by atoms with Gasteiger partial charge in [0.1, 0.15) is 5.41 Å². The Kier molecular flexibility index (Phi) is 6.48. The lowest BCUT2D eigenvalue weighted by molar-refractivity contribution is 0.164. The number of ether oxygens (including phenoxy) is 1. The highest BCUT2D eigenvalue weighted by Gasteiger charge is 2.46. The lowest BCUT2D eigenvalue weighted by atomic mass is 9.62. The van der Waals surface area contributed by atoms with Crippen LogP contribution in [-0.2, 0) is 4.74 Å². The van der Waals surface area contributed by atoms with E-state index >= 15 is 0 Å². The molecule has 0 radical (unpaired) electrons. The van der Waals surface area contributed by atoms with Crippen LogP contribution in [0.4, 0.5) is 0 Å². The van der Waals surface area contributed by atoms with Gasteiger partial charge in [-0.3, -0.25) is 0 Å². The van der Waals surface area contributed by atoms with E-state index < -0.39 is 10.8 Å². The van der Waals surface area contributed by atoms with E-state index in [1.54, 1.807) is 11.8 Å². The predicted octanol–water partition coefficient (Wildman–Crippen LogP) is 5.91. The van der Waals surface area contributed by atoms with Gasteiger partial charge in [0.25, 0.3) is 0 Å². The molecule has 0 aromatic heterocycles. The highest BCUT2D eigenvalue weighted by atomic mass is 32.2. The fourth-order valence-corrected chi connectivity index (χ4v) is 4.84. The third-order valence-corrected chi connectivity index (χ3v) is 6.87. The van der Waals surface area contributed by atoms with Crippen molar-refractivity contribution in [2.45, 2.75) is 20.3 Å². The van der Waals surface area contributed by atoms with E-state index in [-0.39, 0.29) is 5.41 Å². The molecular formula is C25H26N2OS. The van der Waals surface area contributed by atoms with Gasteiger partial charge in [-0.1, -0.05) is 66.8 Å². The average Bonchev–Trinajstić information content (AvgIpc) is 3.14. The quantitative estimate of drug-likeness (QED) is 0.420. The van der Waals surface area contributed by atoms with Gasteiger partial charge < -0.3 is 4.74 Å². The van der Waals surface area contributed by atoms with Crippen molar-refractivity contribution >= 4 is 17.8 Å². The number of benzene rings is 1. The van der Waals surface area contributed by atoms with Crippen molar-refractivity contribution in [2.24, 2.45) is 16.2 Å². The second kappa shape index (κ2) is 8.87. The van der Waals surface area contributed by atoms with Crippen LogP contribution < -0.4 is 0 Å². The maximum atomic E-state index is 9.76. The van der Waals surface area contributed by atoms with Crippen molar-refractivity contribution in [3.63, 3.8) is 0 Å². The largest absolute Gasteiger partial charge is 0.377 e. The molecule has 148 valence electrons. The Morgan fingerprint density at radius 2 is 1.86 bits per heavy atom. The van der Waals surface area contributed by atoms with Crippen LogP contribution >= 0.6 is 11.8 Å². The van der Waals surface area contributed by atoms with Crippen molar-refractivity contribution in [1.82, 2.24) is 0 Å². The van der Waals surface area contributed by atoms with Gasteiger partial charge in [0.15, 0.2) is 0 Å². The van der Waals surface area contributed by atoms with E-state index in [9.17, 15) is 10.5 Å². The SMILES string of the molecule is CC(C)(C#N)C1(C#N)C=CC2(C=C1)CSC=C2CCOC/C=C/c1ccccc1. The fraction of sp³-hybridized carbons (Fsp3) is 0.360. The third kappa shape index (κ3) is 4.40. The molecule has 0 saturated carbocycles. The van der Waals surface area contributed by atoms with Crippen LogP contribution in [0, 0.1) is 38.9 Å². The molecule has 29 heavy (non-hydrogen) atoms. The second-order valence-electron chi connectivity index (χ2n) is 8.02. The van der Waals surface area contributed by atoms with E-state index in [0.717, 1.165) is 12.2 Å². The first-order valence-electron chi connectivity index (χ1n) is 9.81. The summed E-state index contributed by atoms with van der Waals surface area (Å²) in [6, 6.07) is 14.8. The Bertz CT molecular complexity index is 912. The van der Waals surface area contributed by atoms with E-state index in [1.165, 1.54) is 11.1 Å². The number of nitriles is 2. The molecule has 1 aliphatic carbocycles. The highest BCUT2D eigenvalue weighted by Crippen LogP contribution is 2.51. The molecule has 0 N–H and O–H groups in total. The molecule has 2 aliphatic rings. The van der Waals surface area contributed by atoms with E-state index in [1.807, 2.05) is 50.3 Å². The zero-order valence-corrected chi connectivity index (χ0v) is 17.8. The summed E-state index contributed by atoms with van der Waals surface area (Å²) < 4.78 is 5.80. The van der Waals surface area contributed by atoms with Crippen molar-refractivity contribution in [1.29, 1.82) is 10.5 Å². The number of hydrogen-bond donors (Lipinski definition) is 0. The molecule has 4 heteroatoms. The van der Waals surface area contributed by atoms with Crippen molar-refractivity contribution in [2.75, 3.05) is 19.0 Å². The second-order valence-corrected chi connectivity index (χ2v) is 8.87. The molecule has 0 saturated heterocycles. The number of rotatable bonds is 7. The third-order valence-electron chi connectivity index (χ3n) is 5.77. The maximum absolute atomic E-state index is 9.76. The first-order chi connectivity index (χ1) is 14.0. The van der Waals surface area contributed by atoms with Gasteiger partial charge in [-0.25, -0.2) is 0 Å². The molecule has 1 aromatic carbocycles. The van der Waals surface area contributed by atoms with Crippen LogP contribution in [0.25, 0.3) is 6.08 Å². The van der Waals surface area contributed by atoms with Gasteiger partial charge in [0, 0.05) is 11.2 Å². The zero-order valence-electron chi connectivity index (χ0n) is 17.0. The molecule has 1 aliphatic heterocycles. The molecule has 0 bridgehead atoms. The Hall–Kier alpha value is -2.53. The lowest BCUT2D eigenvalue weighted by Crippen LogP contribution is -2.36. The molecule has 0 atom stereocenters. The molecule has 1 spiro atoms. The standard InChI is InChI=1S/C25H26N2OS/c1-23(2,18-26)25(19-27)13-11-24(12-14-25)20-29-17-22(24)10-16-28-15-6-9-21-7-4-3-5-8-21/h3-9,11-14,17H,10,15-16,20H2,1-2H3/b9-6+. The number of allylic oxidation sites excluding steroid dienone is 4. The fourth-order valence-electron chi connectivity index (χ4n) is 3.56. The van der Waals surface area contributed by atoms with Crippen molar-refractivity contribution < 1.29 is 4.74 Å². The van der Waals surface area contributed by atoms with Crippen molar-refractivity contribution in [3.05, 3.63) is 77.3 Å². The number of hydrogen-bond acceptors (Lipinski definition) is 4. The molecule has 0 fully saturated rings. The average molecular weight is 403 g/mol. The number of nitrogens with zero attached hydrogens (tertiary/aromatic N) is 2. The van der Waals surface area contributed by atoms with Crippen LogP contribution in [-0.4, -0.2) is 19.0 Å². The van der Waals surface area contributed by atoms with Gasteiger partial charge in [0.2, 0.25) is 0 Å². The zero-order chi connectivity index (χ0) is 20.8. The minimum atomic E-state index is -0.885. The summed E-state index contributed by atoms with van der Waals surface area (Å²) in [5.41, 5.74) is 0.649. The van der Waals surface area contributed by atoms with E-state index in [0.29, 0.717) is 13.2 Å². The van der Waals surface area contributed by atoms with E-state index in [4.69, 9.17) is 4.74 Å². The van der Waals surface area contributed by atoms with Crippen LogP contribution in [0.5, 0.6) is 0 Å². The van der Waals surface area contributed by atoms with Gasteiger partial charge in [0.05, 0.1) is 30.8 Å².